The Morgan fingerprint density at radius 3 is 2.61 bits per heavy atom. The summed E-state index contributed by atoms with van der Waals surface area (Å²) in [5, 5.41) is 0. The minimum atomic E-state index is -3.96. The first-order valence-corrected chi connectivity index (χ1v) is 7.63. The van der Waals surface area contributed by atoms with E-state index in [-0.39, 0.29) is 17.9 Å². The van der Waals surface area contributed by atoms with Crippen LogP contribution in [-0.2, 0) is 4.57 Å². The molecule has 0 amide bonds. The lowest BCUT2D eigenvalue weighted by Gasteiger charge is -2.16. The largest absolute Gasteiger partial charge is 0.325 e. The second-order valence-electron chi connectivity index (χ2n) is 4.27. The van der Waals surface area contributed by atoms with Crippen LogP contribution in [0.4, 0.5) is 4.39 Å². The van der Waals surface area contributed by atoms with Gasteiger partial charge in [0.25, 0.3) is 0 Å². The zero-order valence-corrected chi connectivity index (χ0v) is 11.0. The van der Waals surface area contributed by atoms with Gasteiger partial charge >= 0.3 is 7.60 Å². The summed E-state index contributed by atoms with van der Waals surface area (Å²) in [5.41, 5.74) is 0.586. The molecule has 1 aromatic carbocycles. The molecular weight excluding hydrogens is 254 g/mol. The van der Waals surface area contributed by atoms with Gasteiger partial charge in [-0.25, -0.2) is 4.39 Å². The molecule has 1 aromatic rings. The minimum Gasteiger partial charge on any atom is -0.324 e. The molecule has 1 unspecified atom stereocenters. The maximum atomic E-state index is 13.6. The molecule has 0 aromatic heterocycles. The molecule has 0 saturated carbocycles. The van der Waals surface area contributed by atoms with Crippen molar-refractivity contribution < 1.29 is 18.7 Å². The van der Waals surface area contributed by atoms with Crippen LogP contribution >= 0.6 is 7.60 Å². The van der Waals surface area contributed by atoms with E-state index in [2.05, 4.69) is 6.58 Å². The Kier molecular flexibility index (Phi) is 5.73. The van der Waals surface area contributed by atoms with E-state index < -0.39 is 7.60 Å². The van der Waals surface area contributed by atoms with Crippen LogP contribution < -0.4 is 0 Å². The first-order chi connectivity index (χ1) is 8.44. The summed E-state index contributed by atoms with van der Waals surface area (Å²) >= 11 is 0. The number of hydrogen-bond acceptors (Lipinski definition) is 1. The van der Waals surface area contributed by atoms with Crippen molar-refractivity contribution in [2.45, 2.75) is 25.2 Å². The smallest absolute Gasteiger partial charge is 0.324 e. The van der Waals surface area contributed by atoms with Gasteiger partial charge < -0.3 is 9.79 Å². The Balaban J connectivity index is 2.69. The number of rotatable bonds is 7. The molecule has 0 fully saturated rings. The van der Waals surface area contributed by atoms with Crippen molar-refractivity contribution in [2.24, 2.45) is 0 Å². The third-order valence-corrected chi connectivity index (χ3v) is 3.70. The summed E-state index contributed by atoms with van der Waals surface area (Å²) in [7, 11) is -3.96. The van der Waals surface area contributed by atoms with Crippen molar-refractivity contribution in [3.8, 4) is 0 Å². The summed E-state index contributed by atoms with van der Waals surface area (Å²) in [5.74, 6) is -0.351. The molecule has 0 radical (unpaired) electrons. The lowest BCUT2D eigenvalue weighted by Crippen LogP contribution is -2.02. The van der Waals surface area contributed by atoms with Crippen LogP contribution in [0.25, 0.3) is 0 Å². The fourth-order valence-corrected chi connectivity index (χ4v) is 2.55. The zero-order valence-electron chi connectivity index (χ0n) is 10.1. The molecule has 0 bridgehead atoms. The third kappa shape index (κ3) is 5.13. The van der Waals surface area contributed by atoms with Gasteiger partial charge in [-0.3, -0.25) is 4.57 Å². The van der Waals surface area contributed by atoms with Crippen molar-refractivity contribution >= 4 is 7.60 Å². The SMILES string of the molecule is C=CCC(CCCP(=O)(O)O)c1ccccc1F. The molecule has 0 aliphatic heterocycles. The molecule has 1 atom stereocenters. The number of allylic oxidation sites excluding steroid dienone is 1. The summed E-state index contributed by atoms with van der Waals surface area (Å²) in [6.45, 7) is 3.64. The summed E-state index contributed by atoms with van der Waals surface area (Å²) < 4.78 is 24.4. The van der Waals surface area contributed by atoms with Crippen LogP contribution in [0.2, 0.25) is 0 Å². The van der Waals surface area contributed by atoms with E-state index in [1.807, 2.05) is 0 Å². The number of halogens is 1. The minimum absolute atomic E-state index is 0.0738. The predicted molar refractivity (Wildman–Crippen MR) is 70.1 cm³/mol. The van der Waals surface area contributed by atoms with E-state index in [0.717, 1.165) is 0 Å². The van der Waals surface area contributed by atoms with Crippen molar-refractivity contribution in [3.05, 3.63) is 48.3 Å². The molecule has 5 heteroatoms. The topological polar surface area (TPSA) is 57.5 Å². The second kappa shape index (κ2) is 6.83. The highest BCUT2D eigenvalue weighted by molar-refractivity contribution is 7.51. The Labute approximate surface area is 107 Å². The molecule has 100 valence electrons. The first kappa shape index (κ1) is 15.1. The highest BCUT2D eigenvalue weighted by atomic mass is 31.2. The van der Waals surface area contributed by atoms with E-state index in [4.69, 9.17) is 9.79 Å². The van der Waals surface area contributed by atoms with Crippen molar-refractivity contribution in [3.63, 3.8) is 0 Å². The van der Waals surface area contributed by atoms with Gasteiger partial charge in [0.05, 0.1) is 0 Å². The second-order valence-corrected chi connectivity index (χ2v) is 6.05. The fraction of sp³-hybridized carbons (Fsp3) is 0.385. The molecule has 1 rings (SSSR count). The van der Waals surface area contributed by atoms with Gasteiger partial charge in [-0.15, -0.1) is 6.58 Å². The molecule has 2 N–H and O–H groups in total. The van der Waals surface area contributed by atoms with Crippen LogP contribution in [0.15, 0.2) is 36.9 Å². The predicted octanol–water partition coefficient (Wildman–Crippen LogP) is 3.44. The quantitative estimate of drug-likeness (QED) is 0.590. The zero-order chi connectivity index (χ0) is 13.6. The molecule has 3 nitrogen and oxygen atoms in total. The van der Waals surface area contributed by atoms with E-state index >= 15 is 0 Å². The summed E-state index contributed by atoms with van der Waals surface area (Å²) in [4.78, 5) is 17.6. The van der Waals surface area contributed by atoms with Gasteiger partial charge in [-0.1, -0.05) is 24.3 Å². The monoisotopic (exact) mass is 272 g/mol. The van der Waals surface area contributed by atoms with E-state index in [1.54, 1.807) is 24.3 Å². The average Bonchev–Trinajstić information content (AvgIpc) is 2.27. The highest BCUT2D eigenvalue weighted by Gasteiger charge is 2.17. The van der Waals surface area contributed by atoms with Crippen molar-refractivity contribution in [1.29, 1.82) is 0 Å². The van der Waals surface area contributed by atoms with Gasteiger partial charge in [0.2, 0.25) is 0 Å². The lowest BCUT2D eigenvalue weighted by atomic mass is 9.91. The van der Waals surface area contributed by atoms with E-state index in [1.165, 1.54) is 6.07 Å². The molecule has 0 aliphatic carbocycles. The van der Waals surface area contributed by atoms with Gasteiger partial charge in [0, 0.05) is 6.16 Å². The normalized spacial score (nSPS) is 13.3. The average molecular weight is 272 g/mol. The van der Waals surface area contributed by atoms with Gasteiger partial charge in [-0.2, -0.15) is 0 Å². The Morgan fingerprint density at radius 1 is 1.39 bits per heavy atom. The molecule has 0 spiro atoms. The Bertz CT molecular complexity index is 442. The van der Waals surface area contributed by atoms with Crippen LogP contribution in [0.3, 0.4) is 0 Å². The fourth-order valence-electron chi connectivity index (χ4n) is 1.95. The maximum absolute atomic E-state index is 13.6. The van der Waals surface area contributed by atoms with E-state index in [9.17, 15) is 8.96 Å². The van der Waals surface area contributed by atoms with Crippen LogP contribution in [0, 0.1) is 5.82 Å². The van der Waals surface area contributed by atoms with Crippen molar-refractivity contribution in [2.75, 3.05) is 6.16 Å². The standard InChI is InChI=1S/C13H18FO3P/c1-2-6-11(7-5-10-18(15,16)17)12-8-3-4-9-13(12)14/h2-4,8-9,11H,1,5-7,10H2,(H2,15,16,17). The van der Waals surface area contributed by atoms with Gasteiger partial charge in [0.1, 0.15) is 5.82 Å². The number of hydrogen-bond donors (Lipinski definition) is 2. The van der Waals surface area contributed by atoms with Crippen LogP contribution in [-0.4, -0.2) is 15.9 Å². The molecule has 18 heavy (non-hydrogen) atoms. The van der Waals surface area contributed by atoms with E-state index in [0.29, 0.717) is 24.8 Å². The van der Waals surface area contributed by atoms with Crippen molar-refractivity contribution in [1.82, 2.24) is 0 Å². The molecule has 0 aliphatic rings. The third-order valence-electron chi connectivity index (χ3n) is 2.80. The van der Waals surface area contributed by atoms with Gasteiger partial charge in [0.15, 0.2) is 0 Å². The van der Waals surface area contributed by atoms with Gasteiger partial charge in [-0.05, 0) is 36.8 Å². The first-order valence-electron chi connectivity index (χ1n) is 5.84. The molecule has 0 saturated heterocycles. The highest BCUT2D eigenvalue weighted by Crippen LogP contribution is 2.37. The Hall–Kier alpha value is -0.960. The Morgan fingerprint density at radius 2 is 2.06 bits per heavy atom. The van der Waals surface area contributed by atoms with Crippen LogP contribution in [0.5, 0.6) is 0 Å². The lowest BCUT2D eigenvalue weighted by molar-refractivity contribution is 0.370. The molecular formula is C13H18FO3P. The number of benzene rings is 1. The molecule has 0 heterocycles. The summed E-state index contributed by atoms with van der Waals surface area (Å²) in [6.07, 6.45) is 3.06. The van der Waals surface area contributed by atoms with Crippen LogP contribution in [0.1, 0.15) is 30.7 Å². The summed E-state index contributed by atoms with van der Waals surface area (Å²) in [6, 6.07) is 6.49. The maximum Gasteiger partial charge on any atom is 0.325 e.